The first-order valence-corrected chi connectivity index (χ1v) is 5.47. The molecule has 0 aromatic rings. The number of hydrogen-bond acceptors (Lipinski definition) is 3. The maximum absolute atomic E-state index is 11.7. The summed E-state index contributed by atoms with van der Waals surface area (Å²) in [7, 11) is 1.64. The smallest absolute Gasteiger partial charge is 0.311 e. The van der Waals surface area contributed by atoms with E-state index < -0.39 is 11.8 Å². The predicted molar refractivity (Wildman–Crippen MR) is 63.8 cm³/mol. The van der Waals surface area contributed by atoms with Crippen LogP contribution in [0.3, 0.4) is 0 Å². The van der Waals surface area contributed by atoms with E-state index in [1.165, 1.54) is 4.90 Å². The van der Waals surface area contributed by atoms with Crippen LogP contribution in [0.15, 0.2) is 0 Å². The molecule has 0 aliphatic carbocycles. The molecule has 0 saturated heterocycles. The highest BCUT2D eigenvalue weighted by Gasteiger charge is 2.29. The Labute approximate surface area is 97.4 Å². The van der Waals surface area contributed by atoms with Crippen LogP contribution in [0.25, 0.3) is 0 Å². The van der Waals surface area contributed by atoms with Crippen LogP contribution in [-0.4, -0.2) is 42.9 Å². The highest BCUT2D eigenvalue weighted by molar-refractivity contribution is 6.35. The van der Waals surface area contributed by atoms with Crippen molar-refractivity contribution in [1.29, 1.82) is 0 Å². The van der Waals surface area contributed by atoms with Crippen molar-refractivity contribution in [2.45, 2.75) is 33.7 Å². The van der Waals surface area contributed by atoms with Crippen LogP contribution in [0, 0.1) is 5.41 Å². The molecule has 0 aromatic carbocycles. The van der Waals surface area contributed by atoms with Gasteiger partial charge in [0.1, 0.15) is 0 Å². The van der Waals surface area contributed by atoms with Gasteiger partial charge in [0.05, 0.1) is 0 Å². The number of nitrogens with two attached hydrogens (primary N) is 1. The summed E-state index contributed by atoms with van der Waals surface area (Å²) >= 11 is 0. The summed E-state index contributed by atoms with van der Waals surface area (Å²) in [5.74, 6) is -1.11. The third-order valence-corrected chi connectivity index (χ3v) is 2.78. The second-order valence-electron chi connectivity index (χ2n) is 5.00. The second-order valence-corrected chi connectivity index (χ2v) is 5.00. The summed E-state index contributed by atoms with van der Waals surface area (Å²) in [6.07, 6.45) is 0. The summed E-state index contributed by atoms with van der Waals surface area (Å²) < 4.78 is 0. The monoisotopic (exact) mass is 229 g/mol. The van der Waals surface area contributed by atoms with Crippen molar-refractivity contribution in [3.05, 3.63) is 0 Å². The molecule has 16 heavy (non-hydrogen) atoms. The average Bonchev–Trinajstić information content (AvgIpc) is 2.21. The van der Waals surface area contributed by atoms with Gasteiger partial charge in [0, 0.05) is 26.2 Å². The van der Waals surface area contributed by atoms with E-state index in [-0.39, 0.29) is 11.5 Å². The average molecular weight is 229 g/mol. The number of nitrogens with one attached hydrogen (secondary N) is 1. The van der Waals surface area contributed by atoms with Crippen molar-refractivity contribution in [2.24, 2.45) is 11.1 Å². The van der Waals surface area contributed by atoms with Gasteiger partial charge in [-0.1, -0.05) is 20.8 Å². The first kappa shape index (κ1) is 14.9. The molecule has 0 radical (unpaired) electrons. The zero-order valence-corrected chi connectivity index (χ0v) is 10.8. The molecule has 0 spiro atoms. The standard InChI is InChI=1S/C11H23N3O2/c1-8(11(2,3)4)14(5)10(16)9(15)13-7-6-12/h8H,6-7,12H2,1-5H3,(H,13,15). The second kappa shape index (κ2) is 5.84. The zero-order chi connectivity index (χ0) is 12.9. The summed E-state index contributed by atoms with van der Waals surface area (Å²) in [5.41, 5.74) is 5.19. The van der Waals surface area contributed by atoms with Gasteiger partial charge >= 0.3 is 11.8 Å². The van der Waals surface area contributed by atoms with Gasteiger partial charge in [0.2, 0.25) is 0 Å². The minimum absolute atomic E-state index is 0.0105. The Morgan fingerprint density at radius 2 is 1.88 bits per heavy atom. The first-order valence-electron chi connectivity index (χ1n) is 5.47. The highest BCUT2D eigenvalue weighted by Crippen LogP contribution is 2.22. The molecule has 0 aromatic heterocycles. The molecule has 5 heteroatoms. The third-order valence-electron chi connectivity index (χ3n) is 2.78. The number of likely N-dealkylation sites (N-methyl/N-ethyl adjacent to an activating group) is 1. The molecule has 0 fully saturated rings. The van der Waals surface area contributed by atoms with Crippen LogP contribution >= 0.6 is 0 Å². The molecule has 0 aliphatic heterocycles. The van der Waals surface area contributed by atoms with Crippen LogP contribution in [0.4, 0.5) is 0 Å². The van der Waals surface area contributed by atoms with Gasteiger partial charge in [-0.2, -0.15) is 0 Å². The van der Waals surface area contributed by atoms with Crippen molar-refractivity contribution in [2.75, 3.05) is 20.1 Å². The van der Waals surface area contributed by atoms with Gasteiger partial charge in [0.25, 0.3) is 0 Å². The van der Waals surface area contributed by atoms with Crippen molar-refractivity contribution < 1.29 is 9.59 Å². The summed E-state index contributed by atoms with van der Waals surface area (Å²) in [5, 5.41) is 2.46. The molecule has 0 aliphatic rings. The number of carbonyl (C=O) groups excluding carboxylic acids is 2. The van der Waals surface area contributed by atoms with Crippen LogP contribution in [0.1, 0.15) is 27.7 Å². The van der Waals surface area contributed by atoms with E-state index in [0.717, 1.165) is 0 Å². The van der Waals surface area contributed by atoms with E-state index in [1.807, 2.05) is 27.7 Å². The van der Waals surface area contributed by atoms with Gasteiger partial charge in [-0.15, -0.1) is 0 Å². The molecule has 1 unspecified atom stereocenters. The fraction of sp³-hybridized carbons (Fsp3) is 0.818. The van der Waals surface area contributed by atoms with Crippen LogP contribution < -0.4 is 11.1 Å². The van der Waals surface area contributed by atoms with Crippen molar-refractivity contribution in [1.82, 2.24) is 10.2 Å². The molecule has 2 amide bonds. The minimum Gasteiger partial charge on any atom is -0.347 e. The SMILES string of the molecule is CC(N(C)C(=O)C(=O)NCCN)C(C)(C)C. The quantitative estimate of drug-likeness (QED) is 0.666. The van der Waals surface area contributed by atoms with Crippen molar-refractivity contribution in [3.8, 4) is 0 Å². The van der Waals surface area contributed by atoms with E-state index in [1.54, 1.807) is 7.05 Å². The Morgan fingerprint density at radius 3 is 2.25 bits per heavy atom. The molecular weight excluding hydrogens is 206 g/mol. The summed E-state index contributed by atoms with van der Waals surface area (Å²) in [4.78, 5) is 24.6. The minimum atomic E-state index is -0.593. The number of nitrogens with zero attached hydrogens (tertiary/aromatic N) is 1. The lowest BCUT2D eigenvalue weighted by Crippen LogP contribution is -2.49. The Morgan fingerprint density at radius 1 is 1.38 bits per heavy atom. The lowest BCUT2D eigenvalue weighted by Gasteiger charge is -2.34. The molecule has 0 saturated carbocycles. The predicted octanol–water partition coefficient (Wildman–Crippen LogP) is -0.0457. The Kier molecular flexibility index (Phi) is 5.44. The maximum Gasteiger partial charge on any atom is 0.311 e. The Balaban J connectivity index is 4.44. The lowest BCUT2D eigenvalue weighted by atomic mass is 9.87. The number of carbonyl (C=O) groups is 2. The zero-order valence-electron chi connectivity index (χ0n) is 10.8. The van der Waals surface area contributed by atoms with Crippen molar-refractivity contribution >= 4 is 11.8 Å². The lowest BCUT2D eigenvalue weighted by molar-refractivity contribution is -0.147. The third kappa shape index (κ3) is 4.18. The van der Waals surface area contributed by atoms with E-state index in [0.29, 0.717) is 13.1 Å². The Hall–Kier alpha value is -1.10. The normalized spacial score (nSPS) is 13.1. The molecule has 3 N–H and O–H groups in total. The van der Waals surface area contributed by atoms with Gasteiger partial charge in [-0.3, -0.25) is 9.59 Å². The van der Waals surface area contributed by atoms with Gasteiger partial charge in [-0.25, -0.2) is 0 Å². The molecule has 94 valence electrons. The van der Waals surface area contributed by atoms with E-state index in [9.17, 15) is 9.59 Å². The van der Waals surface area contributed by atoms with Crippen LogP contribution in [0.5, 0.6) is 0 Å². The molecule has 0 bridgehead atoms. The van der Waals surface area contributed by atoms with Crippen LogP contribution in [-0.2, 0) is 9.59 Å². The Bertz CT molecular complexity index is 258. The van der Waals surface area contributed by atoms with Gasteiger partial charge < -0.3 is 16.0 Å². The first-order chi connectivity index (χ1) is 7.21. The molecule has 0 heterocycles. The van der Waals surface area contributed by atoms with Gasteiger partial charge in [-0.05, 0) is 12.3 Å². The molecule has 1 atom stereocenters. The van der Waals surface area contributed by atoms with Crippen molar-refractivity contribution in [3.63, 3.8) is 0 Å². The summed E-state index contributed by atoms with van der Waals surface area (Å²) in [6, 6.07) is -0.0105. The van der Waals surface area contributed by atoms with Gasteiger partial charge in [0.15, 0.2) is 0 Å². The summed E-state index contributed by atoms with van der Waals surface area (Å²) in [6.45, 7) is 8.66. The fourth-order valence-corrected chi connectivity index (χ4v) is 1.18. The molecule has 0 rings (SSSR count). The maximum atomic E-state index is 11.7. The number of hydrogen-bond donors (Lipinski definition) is 2. The van der Waals surface area contributed by atoms with E-state index in [4.69, 9.17) is 5.73 Å². The molecule has 5 nitrogen and oxygen atoms in total. The largest absolute Gasteiger partial charge is 0.347 e. The number of amides is 2. The number of rotatable bonds is 3. The molecular formula is C11H23N3O2. The topological polar surface area (TPSA) is 75.4 Å². The fourth-order valence-electron chi connectivity index (χ4n) is 1.18. The highest BCUT2D eigenvalue weighted by atomic mass is 16.2. The van der Waals surface area contributed by atoms with E-state index >= 15 is 0 Å². The van der Waals surface area contributed by atoms with Crippen LogP contribution in [0.2, 0.25) is 0 Å². The van der Waals surface area contributed by atoms with E-state index in [2.05, 4.69) is 5.32 Å².